The van der Waals surface area contributed by atoms with Gasteiger partial charge in [-0.05, 0) is 59.8 Å². The van der Waals surface area contributed by atoms with Crippen LogP contribution in [0, 0.1) is 22.1 Å². The molecule has 0 radical (unpaired) electrons. The second-order valence-corrected chi connectivity index (χ2v) is 5.41. The lowest BCUT2D eigenvalue weighted by Gasteiger charge is -2.20. The standard InChI is InChI=1S/C15H14F2IN/c1-9-5-3-6-10(14(9)18)15(19-2)13-11(16)7-4-8-12(13)17/h3-8,15,19H,1-2H3. The zero-order chi connectivity index (χ0) is 14.0. The molecule has 0 amide bonds. The SMILES string of the molecule is CNC(c1cccc(C)c1I)c1c(F)cccc1F. The molecule has 0 saturated carbocycles. The average molecular weight is 373 g/mol. The van der Waals surface area contributed by atoms with E-state index in [0.29, 0.717) is 0 Å². The molecule has 0 aliphatic carbocycles. The molecule has 1 atom stereocenters. The predicted molar refractivity (Wildman–Crippen MR) is 81.2 cm³/mol. The molecular weight excluding hydrogens is 359 g/mol. The molecule has 0 aromatic heterocycles. The van der Waals surface area contributed by atoms with Crippen molar-refractivity contribution in [3.63, 3.8) is 0 Å². The van der Waals surface area contributed by atoms with Gasteiger partial charge in [-0.1, -0.05) is 24.3 Å². The van der Waals surface area contributed by atoms with Crippen molar-refractivity contribution >= 4 is 22.6 Å². The Morgan fingerprint density at radius 1 is 1.05 bits per heavy atom. The molecule has 19 heavy (non-hydrogen) atoms. The molecular formula is C15H14F2IN. The van der Waals surface area contributed by atoms with Crippen molar-refractivity contribution in [3.8, 4) is 0 Å². The molecule has 1 unspecified atom stereocenters. The van der Waals surface area contributed by atoms with Gasteiger partial charge >= 0.3 is 0 Å². The highest BCUT2D eigenvalue weighted by atomic mass is 127. The van der Waals surface area contributed by atoms with Gasteiger partial charge in [0.05, 0.1) is 6.04 Å². The third kappa shape index (κ3) is 2.79. The number of benzene rings is 2. The maximum absolute atomic E-state index is 13.9. The zero-order valence-electron chi connectivity index (χ0n) is 10.7. The molecule has 1 nitrogen and oxygen atoms in total. The quantitative estimate of drug-likeness (QED) is 0.796. The summed E-state index contributed by atoms with van der Waals surface area (Å²) in [7, 11) is 1.70. The van der Waals surface area contributed by atoms with Crippen molar-refractivity contribution in [1.29, 1.82) is 0 Å². The van der Waals surface area contributed by atoms with E-state index in [-0.39, 0.29) is 5.56 Å². The van der Waals surface area contributed by atoms with Crippen LogP contribution in [0.5, 0.6) is 0 Å². The lowest BCUT2D eigenvalue weighted by atomic mass is 9.96. The van der Waals surface area contributed by atoms with E-state index < -0.39 is 17.7 Å². The Balaban J connectivity index is 2.60. The Bertz CT molecular complexity index is 578. The normalized spacial score (nSPS) is 12.5. The van der Waals surface area contributed by atoms with Crippen LogP contribution in [-0.2, 0) is 0 Å². The van der Waals surface area contributed by atoms with Gasteiger partial charge in [0.1, 0.15) is 11.6 Å². The van der Waals surface area contributed by atoms with E-state index in [4.69, 9.17) is 0 Å². The molecule has 0 bridgehead atoms. The van der Waals surface area contributed by atoms with Gasteiger partial charge in [-0.3, -0.25) is 0 Å². The van der Waals surface area contributed by atoms with Crippen LogP contribution < -0.4 is 5.32 Å². The Hall–Kier alpha value is -1.01. The molecule has 2 rings (SSSR count). The van der Waals surface area contributed by atoms with Crippen LogP contribution in [0.4, 0.5) is 8.78 Å². The first-order valence-corrected chi connectivity index (χ1v) is 7.00. The van der Waals surface area contributed by atoms with Crippen molar-refractivity contribution in [2.24, 2.45) is 0 Å². The maximum atomic E-state index is 13.9. The largest absolute Gasteiger partial charge is 0.309 e. The molecule has 0 spiro atoms. The first-order valence-electron chi connectivity index (χ1n) is 5.92. The summed E-state index contributed by atoms with van der Waals surface area (Å²) >= 11 is 2.21. The highest BCUT2D eigenvalue weighted by Crippen LogP contribution is 2.30. The Morgan fingerprint density at radius 2 is 1.63 bits per heavy atom. The number of aryl methyl sites for hydroxylation is 1. The van der Waals surface area contributed by atoms with Crippen molar-refractivity contribution in [2.45, 2.75) is 13.0 Å². The highest BCUT2D eigenvalue weighted by Gasteiger charge is 2.22. The molecule has 0 heterocycles. The van der Waals surface area contributed by atoms with E-state index in [1.807, 2.05) is 25.1 Å². The van der Waals surface area contributed by atoms with Crippen molar-refractivity contribution in [2.75, 3.05) is 7.05 Å². The van der Waals surface area contributed by atoms with E-state index in [9.17, 15) is 8.78 Å². The smallest absolute Gasteiger partial charge is 0.131 e. The van der Waals surface area contributed by atoms with Crippen molar-refractivity contribution < 1.29 is 8.78 Å². The molecule has 100 valence electrons. The number of hydrogen-bond acceptors (Lipinski definition) is 1. The van der Waals surface area contributed by atoms with E-state index in [1.54, 1.807) is 7.05 Å². The summed E-state index contributed by atoms with van der Waals surface area (Å²) in [5, 5.41) is 3.00. The third-order valence-corrected chi connectivity index (χ3v) is 4.58. The molecule has 2 aromatic carbocycles. The van der Waals surface area contributed by atoms with Crippen LogP contribution in [0.25, 0.3) is 0 Å². The van der Waals surface area contributed by atoms with Gasteiger partial charge in [-0.25, -0.2) is 8.78 Å². The Morgan fingerprint density at radius 3 is 2.21 bits per heavy atom. The second-order valence-electron chi connectivity index (χ2n) is 4.34. The highest BCUT2D eigenvalue weighted by molar-refractivity contribution is 14.1. The number of nitrogens with one attached hydrogen (secondary N) is 1. The van der Waals surface area contributed by atoms with Crippen LogP contribution in [0.2, 0.25) is 0 Å². The van der Waals surface area contributed by atoms with E-state index >= 15 is 0 Å². The fourth-order valence-corrected chi connectivity index (χ4v) is 2.81. The van der Waals surface area contributed by atoms with Crippen molar-refractivity contribution in [3.05, 3.63) is 68.3 Å². The molecule has 4 heteroatoms. The number of hydrogen-bond donors (Lipinski definition) is 1. The van der Waals surface area contributed by atoms with Gasteiger partial charge in [-0.2, -0.15) is 0 Å². The minimum atomic E-state index is -0.531. The minimum Gasteiger partial charge on any atom is -0.309 e. The fraction of sp³-hybridized carbons (Fsp3) is 0.200. The molecule has 1 N–H and O–H groups in total. The second kappa shape index (κ2) is 5.96. The monoisotopic (exact) mass is 373 g/mol. The molecule has 0 aliphatic heterocycles. The summed E-state index contributed by atoms with van der Waals surface area (Å²) in [5.41, 5.74) is 2.04. The lowest BCUT2D eigenvalue weighted by Crippen LogP contribution is -2.21. The summed E-state index contributed by atoms with van der Waals surface area (Å²) < 4.78 is 28.9. The van der Waals surface area contributed by atoms with Gasteiger partial charge in [0.2, 0.25) is 0 Å². The Kier molecular flexibility index (Phi) is 4.52. The third-order valence-electron chi connectivity index (χ3n) is 3.11. The van der Waals surface area contributed by atoms with Crippen LogP contribution in [0.1, 0.15) is 22.7 Å². The summed E-state index contributed by atoms with van der Waals surface area (Å²) in [6, 6.07) is 9.22. The van der Waals surface area contributed by atoms with E-state index in [1.165, 1.54) is 18.2 Å². The topological polar surface area (TPSA) is 12.0 Å². The van der Waals surface area contributed by atoms with Crippen LogP contribution >= 0.6 is 22.6 Å². The summed E-state index contributed by atoms with van der Waals surface area (Å²) in [5.74, 6) is -1.06. The average Bonchev–Trinajstić information content (AvgIpc) is 2.38. The summed E-state index contributed by atoms with van der Waals surface area (Å²) in [6.45, 7) is 1.98. The predicted octanol–water partition coefficient (Wildman–Crippen LogP) is 4.19. The molecule has 0 aliphatic rings. The van der Waals surface area contributed by atoms with Crippen LogP contribution in [0.15, 0.2) is 36.4 Å². The maximum Gasteiger partial charge on any atom is 0.131 e. The Labute approximate surface area is 125 Å². The van der Waals surface area contributed by atoms with Crippen molar-refractivity contribution in [1.82, 2.24) is 5.32 Å². The molecule has 0 fully saturated rings. The first-order chi connectivity index (χ1) is 9.06. The minimum absolute atomic E-state index is 0.0634. The zero-order valence-corrected chi connectivity index (χ0v) is 12.8. The fourth-order valence-electron chi connectivity index (χ4n) is 2.13. The van der Waals surface area contributed by atoms with Gasteiger partial charge in [0.15, 0.2) is 0 Å². The summed E-state index contributed by atoms with van der Waals surface area (Å²) in [6.07, 6.45) is 0. The van der Waals surface area contributed by atoms with Crippen LogP contribution in [0.3, 0.4) is 0 Å². The number of halogens is 3. The van der Waals surface area contributed by atoms with E-state index in [0.717, 1.165) is 14.7 Å². The lowest BCUT2D eigenvalue weighted by molar-refractivity contribution is 0.521. The van der Waals surface area contributed by atoms with Gasteiger partial charge < -0.3 is 5.32 Å². The van der Waals surface area contributed by atoms with Gasteiger partial charge in [-0.15, -0.1) is 0 Å². The number of rotatable bonds is 3. The van der Waals surface area contributed by atoms with Gasteiger partial charge in [0.25, 0.3) is 0 Å². The van der Waals surface area contributed by atoms with E-state index in [2.05, 4.69) is 27.9 Å². The van der Waals surface area contributed by atoms with Gasteiger partial charge in [0, 0.05) is 9.13 Å². The molecule has 2 aromatic rings. The van der Waals surface area contributed by atoms with Crippen LogP contribution in [-0.4, -0.2) is 7.05 Å². The first kappa shape index (κ1) is 14.4. The summed E-state index contributed by atoms with van der Waals surface area (Å²) in [4.78, 5) is 0. The molecule has 0 saturated heterocycles.